The maximum Gasteiger partial charge on any atom is 0.308 e. The minimum Gasteiger partial charge on any atom is -0.481 e. The second-order valence-corrected chi connectivity index (χ2v) is 7.47. The lowest BCUT2D eigenvalue weighted by molar-refractivity contribution is -0.141. The van der Waals surface area contributed by atoms with Gasteiger partial charge >= 0.3 is 5.97 Å². The van der Waals surface area contributed by atoms with E-state index in [1.807, 2.05) is 0 Å². The fraction of sp³-hybridized carbons (Fsp3) is 0.467. The van der Waals surface area contributed by atoms with Crippen LogP contribution >= 0.6 is 0 Å². The summed E-state index contributed by atoms with van der Waals surface area (Å²) in [6, 6.07) is 6.12. The van der Waals surface area contributed by atoms with Crippen LogP contribution in [-0.2, 0) is 14.6 Å². The Morgan fingerprint density at radius 3 is 2.59 bits per heavy atom. The Morgan fingerprint density at radius 2 is 2.00 bits per heavy atom. The van der Waals surface area contributed by atoms with E-state index in [-0.39, 0.29) is 22.8 Å². The summed E-state index contributed by atoms with van der Waals surface area (Å²) in [6.07, 6.45) is 0.862. The van der Waals surface area contributed by atoms with E-state index in [9.17, 15) is 18.0 Å². The maximum absolute atomic E-state index is 12.6. The van der Waals surface area contributed by atoms with Crippen molar-refractivity contribution in [2.75, 3.05) is 18.8 Å². The van der Waals surface area contributed by atoms with Gasteiger partial charge in [-0.05, 0) is 25.0 Å². The van der Waals surface area contributed by atoms with E-state index >= 15 is 0 Å². The molecule has 6 nitrogen and oxygen atoms in total. The Balaban J connectivity index is 2.30. The van der Waals surface area contributed by atoms with E-state index in [0.29, 0.717) is 19.4 Å². The van der Waals surface area contributed by atoms with E-state index in [4.69, 9.17) is 5.11 Å². The molecule has 1 heterocycles. The van der Waals surface area contributed by atoms with Crippen LogP contribution in [0.3, 0.4) is 0 Å². The van der Waals surface area contributed by atoms with Crippen LogP contribution in [0.15, 0.2) is 29.2 Å². The monoisotopic (exact) mass is 325 g/mol. The molecule has 2 rings (SSSR count). The molecule has 1 saturated heterocycles. The molecule has 22 heavy (non-hydrogen) atoms. The zero-order valence-corrected chi connectivity index (χ0v) is 13.2. The van der Waals surface area contributed by atoms with Crippen LogP contribution in [0.1, 0.15) is 30.1 Å². The Kier molecular flexibility index (Phi) is 4.85. The first-order chi connectivity index (χ1) is 10.4. The van der Waals surface area contributed by atoms with Gasteiger partial charge in [-0.1, -0.05) is 19.1 Å². The van der Waals surface area contributed by atoms with Crippen molar-refractivity contribution in [1.29, 1.82) is 0 Å². The zero-order valence-electron chi connectivity index (χ0n) is 12.4. The van der Waals surface area contributed by atoms with E-state index in [1.54, 1.807) is 19.1 Å². The van der Waals surface area contributed by atoms with Crippen molar-refractivity contribution in [2.45, 2.75) is 24.7 Å². The molecule has 1 atom stereocenters. The van der Waals surface area contributed by atoms with Crippen LogP contribution in [0, 0.1) is 5.92 Å². The number of rotatable bonds is 5. The van der Waals surface area contributed by atoms with Crippen molar-refractivity contribution in [2.24, 2.45) is 5.92 Å². The quantitative estimate of drug-likeness (QED) is 0.884. The first-order valence-electron chi connectivity index (χ1n) is 7.20. The van der Waals surface area contributed by atoms with Gasteiger partial charge in [0.25, 0.3) is 5.91 Å². The topological polar surface area (TPSA) is 91.8 Å². The molecule has 0 unspecified atom stereocenters. The highest BCUT2D eigenvalue weighted by atomic mass is 32.2. The number of amides is 1. The van der Waals surface area contributed by atoms with Gasteiger partial charge in [0.1, 0.15) is 0 Å². The average Bonchev–Trinajstić information content (AvgIpc) is 2.96. The smallest absolute Gasteiger partial charge is 0.308 e. The molecule has 0 saturated carbocycles. The van der Waals surface area contributed by atoms with E-state index in [1.165, 1.54) is 17.0 Å². The average molecular weight is 325 g/mol. The molecule has 1 fully saturated rings. The fourth-order valence-corrected chi connectivity index (χ4v) is 4.14. The summed E-state index contributed by atoms with van der Waals surface area (Å²) in [5.41, 5.74) is 0.127. The third kappa shape index (κ3) is 3.30. The molecule has 1 aliphatic rings. The van der Waals surface area contributed by atoms with Crippen molar-refractivity contribution in [3.63, 3.8) is 0 Å². The van der Waals surface area contributed by atoms with Crippen LogP contribution in [0.2, 0.25) is 0 Å². The number of carboxylic acids is 1. The molecule has 1 aromatic carbocycles. The maximum atomic E-state index is 12.6. The molecule has 1 aromatic rings. The van der Waals surface area contributed by atoms with Gasteiger partial charge in [-0.3, -0.25) is 9.59 Å². The van der Waals surface area contributed by atoms with Gasteiger partial charge in [-0.15, -0.1) is 0 Å². The molecule has 0 aliphatic carbocycles. The summed E-state index contributed by atoms with van der Waals surface area (Å²) in [4.78, 5) is 25.0. The van der Waals surface area contributed by atoms with Gasteiger partial charge in [0, 0.05) is 13.1 Å². The number of carboxylic acid groups (broad SMARTS) is 1. The van der Waals surface area contributed by atoms with Gasteiger partial charge in [-0.2, -0.15) is 0 Å². The first kappa shape index (κ1) is 16.5. The van der Waals surface area contributed by atoms with Gasteiger partial charge in [-0.25, -0.2) is 8.42 Å². The molecule has 0 spiro atoms. The van der Waals surface area contributed by atoms with E-state index < -0.39 is 27.6 Å². The molecule has 0 aromatic heterocycles. The van der Waals surface area contributed by atoms with Crippen LogP contribution in [-0.4, -0.2) is 49.1 Å². The van der Waals surface area contributed by atoms with E-state index in [2.05, 4.69) is 0 Å². The summed E-state index contributed by atoms with van der Waals surface area (Å²) < 4.78 is 24.6. The first-order valence-corrected chi connectivity index (χ1v) is 8.86. The Bertz CT molecular complexity index is 683. The summed E-state index contributed by atoms with van der Waals surface area (Å²) in [5, 5.41) is 9.00. The largest absolute Gasteiger partial charge is 0.481 e. The summed E-state index contributed by atoms with van der Waals surface area (Å²) in [7, 11) is -3.51. The summed E-state index contributed by atoms with van der Waals surface area (Å²) in [5.74, 6) is -1.95. The molecular weight excluding hydrogens is 306 g/mol. The number of nitrogens with zero attached hydrogens (tertiary/aromatic N) is 1. The zero-order chi connectivity index (χ0) is 16.3. The van der Waals surface area contributed by atoms with E-state index in [0.717, 1.165) is 0 Å². The normalized spacial score (nSPS) is 18.4. The van der Waals surface area contributed by atoms with Crippen molar-refractivity contribution in [3.05, 3.63) is 29.8 Å². The third-order valence-electron chi connectivity index (χ3n) is 3.75. The van der Waals surface area contributed by atoms with Crippen LogP contribution in [0.5, 0.6) is 0 Å². The predicted molar refractivity (Wildman–Crippen MR) is 80.4 cm³/mol. The van der Waals surface area contributed by atoms with Crippen LogP contribution in [0.4, 0.5) is 0 Å². The molecular formula is C15H19NO5S. The van der Waals surface area contributed by atoms with Crippen molar-refractivity contribution < 1.29 is 23.1 Å². The summed E-state index contributed by atoms with van der Waals surface area (Å²) >= 11 is 0. The lowest BCUT2D eigenvalue weighted by Crippen LogP contribution is -2.31. The second-order valence-electron chi connectivity index (χ2n) is 5.39. The fourth-order valence-electron chi connectivity index (χ4n) is 2.61. The lowest BCUT2D eigenvalue weighted by Gasteiger charge is -2.18. The number of benzene rings is 1. The number of sulfone groups is 1. The Morgan fingerprint density at radius 1 is 1.32 bits per heavy atom. The molecule has 0 bridgehead atoms. The number of aliphatic carboxylic acids is 1. The number of hydrogen-bond acceptors (Lipinski definition) is 4. The van der Waals surface area contributed by atoms with Crippen LogP contribution in [0.25, 0.3) is 0 Å². The minimum absolute atomic E-state index is 0.0188. The van der Waals surface area contributed by atoms with Crippen LogP contribution < -0.4 is 0 Å². The number of carbonyl (C=O) groups excluding carboxylic acids is 1. The molecule has 1 N–H and O–H groups in total. The minimum atomic E-state index is -3.51. The number of carbonyl (C=O) groups is 2. The van der Waals surface area contributed by atoms with Crippen molar-refractivity contribution in [1.82, 2.24) is 4.90 Å². The Hall–Kier alpha value is -1.89. The highest BCUT2D eigenvalue weighted by molar-refractivity contribution is 7.91. The molecule has 1 aliphatic heterocycles. The van der Waals surface area contributed by atoms with Crippen molar-refractivity contribution in [3.8, 4) is 0 Å². The highest BCUT2D eigenvalue weighted by Gasteiger charge is 2.33. The van der Waals surface area contributed by atoms with Gasteiger partial charge in [0.15, 0.2) is 9.84 Å². The molecule has 1 amide bonds. The third-order valence-corrected chi connectivity index (χ3v) is 5.72. The summed E-state index contributed by atoms with van der Waals surface area (Å²) in [6.45, 7) is 2.22. The SMILES string of the molecule is CCCS(=O)(=O)c1ccccc1C(=O)N1CC[C@H](C(=O)O)C1. The predicted octanol–water partition coefficient (Wildman–Crippen LogP) is 1.42. The van der Waals surface area contributed by atoms with Gasteiger partial charge in [0.2, 0.25) is 0 Å². The molecule has 7 heteroatoms. The Labute approximate surface area is 129 Å². The molecule has 0 radical (unpaired) electrons. The number of hydrogen-bond donors (Lipinski definition) is 1. The second kappa shape index (κ2) is 6.48. The number of likely N-dealkylation sites (tertiary alicyclic amines) is 1. The van der Waals surface area contributed by atoms with Gasteiger partial charge in [0.05, 0.1) is 22.1 Å². The molecule has 120 valence electrons. The van der Waals surface area contributed by atoms with Gasteiger partial charge < -0.3 is 10.0 Å². The van der Waals surface area contributed by atoms with Crippen molar-refractivity contribution >= 4 is 21.7 Å². The lowest BCUT2D eigenvalue weighted by atomic mass is 10.1. The highest BCUT2D eigenvalue weighted by Crippen LogP contribution is 2.23. The standard InChI is InChI=1S/C15H19NO5S/c1-2-9-22(20,21)13-6-4-3-5-12(13)14(17)16-8-7-11(10-16)15(18)19/h3-6,11H,2,7-10H2,1H3,(H,18,19)/t11-/m0/s1.